The standard InChI is InChI=1S/C2HCl3O2.C2H2Cl2O2.CHCl3/c3-2(4,5)1(6)7;3-1(4)2(5)6;2-1(3)4/h(H,6,7);1H,(H,5,6);1H. The molecule has 0 aliphatic rings. The van der Waals surface area contributed by atoms with Gasteiger partial charge in [0, 0.05) is 0 Å². The summed E-state index contributed by atoms with van der Waals surface area (Å²) in [7, 11) is 0. The largest absolute Gasteiger partial charge is 0.479 e. The zero-order valence-electron chi connectivity index (χ0n) is 7.39. The van der Waals surface area contributed by atoms with Crippen LogP contribution >= 0.6 is 92.8 Å². The van der Waals surface area contributed by atoms with Gasteiger partial charge in [-0.25, -0.2) is 9.59 Å². The number of hydrogen-bond donors (Lipinski definition) is 2. The van der Waals surface area contributed by atoms with Gasteiger partial charge < -0.3 is 10.2 Å². The molecule has 0 aliphatic carbocycles. The molecule has 0 bridgehead atoms. The van der Waals surface area contributed by atoms with Crippen LogP contribution in [0.3, 0.4) is 0 Å². The molecule has 0 atom stereocenters. The Kier molecular flexibility index (Phi) is 16.9. The number of halogens is 8. The summed E-state index contributed by atoms with van der Waals surface area (Å²) in [6.07, 6.45) is 0. The fraction of sp³-hybridized carbons (Fsp3) is 0.600. The van der Waals surface area contributed by atoms with Crippen LogP contribution in [0.25, 0.3) is 0 Å². The summed E-state index contributed by atoms with van der Waals surface area (Å²) in [4.78, 5) is 17.8. The van der Waals surface area contributed by atoms with Gasteiger partial charge in [-0.2, -0.15) is 0 Å². The zero-order chi connectivity index (χ0) is 14.8. The van der Waals surface area contributed by atoms with E-state index in [0.717, 1.165) is 0 Å². The Morgan fingerprint density at radius 2 is 1.00 bits per heavy atom. The molecule has 0 rings (SSSR count). The SMILES string of the molecule is ClC(Cl)Cl.O=C(O)C(Cl)(Cl)Cl.O=C(O)C(Cl)Cl. The fourth-order valence-electron chi connectivity index (χ4n) is 0. The van der Waals surface area contributed by atoms with Gasteiger partial charge in [0.05, 0.1) is 0 Å². The molecule has 0 saturated heterocycles. The number of carboxylic acid groups (broad SMARTS) is 2. The van der Waals surface area contributed by atoms with Gasteiger partial charge >= 0.3 is 11.9 Å². The van der Waals surface area contributed by atoms with Gasteiger partial charge in [-0.15, -0.1) is 0 Å². The Bertz CT molecular complexity index is 222. The van der Waals surface area contributed by atoms with Crippen molar-refractivity contribution in [1.82, 2.24) is 0 Å². The van der Waals surface area contributed by atoms with Crippen LogP contribution in [0.4, 0.5) is 0 Å². The lowest BCUT2D eigenvalue weighted by Gasteiger charge is -1.99. The second-order valence-corrected chi connectivity index (χ2v) is 7.05. The molecular weight excluding hydrogens is 408 g/mol. The average Bonchev–Trinajstić information content (AvgIpc) is 2.01. The molecular formula is C5H4Cl8O4. The van der Waals surface area contributed by atoms with E-state index in [4.69, 9.17) is 103 Å². The Morgan fingerprint density at radius 1 is 0.882 bits per heavy atom. The fourth-order valence-corrected chi connectivity index (χ4v) is 0. The highest BCUT2D eigenvalue weighted by Crippen LogP contribution is 2.25. The van der Waals surface area contributed by atoms with Crippen molar-refractivity contribution in [2.24, 2.45) is 0 Å². The molecule has 4 nitrogen and oxygen atoms in total. The molecule has 0 aromatic carbocycles. The molecule has 2 N–H and O–H groups in total. The van der Waals surface area contributed by atoms with Crippen LogP contribution in [0.5, 0.6) is 0 Å². The molecule has 104 valence electrons. The molecule has 0 amide bonds. The van der Waals surface area contributed by atoms with Gasteiger partial charge in [-0.3, -0.25) is 0 Å². The second-order valence-electron chi connectivity index (χ2n) is 1.69. The van der Waals surface area contributed by atoms with Gasteiger partial charge in [-0.1, -0.05) is 92.8 Å². The third kappa shape index (κ3) is 31.7. The summed E-state index contributed by atoms with van der Waals surface area (Å²) in [5.41, 5.74) is 0. The van der Waals surface area contributed by atoms with Gasteiger partial charge in [0.25, 0.3) is 3.79 Å². The van der Waals surface area contributed by atoms with Gasteiger partial charge in [0.15, 0.2) is 4.30 Å². The number of aliphatic carboxylic acids is 2. The average molecular weight is 412 g/mol. The third-order valence-electron chi connectivity index (χ3n) is 0.429. The lowest BCUT2D eigenvalue weighted by atomic mass is 10.8. The van der Waals surface area contributed by atoms with Crippen LogP contribution in [0.2, 0.25) is 0 Å². The van der Waals surface area contributed by atoms with Crippen molar-refractivity contribution in [1.29, 1.82) is 0 Å². The first-order valence-corrected chi connectivity index (χ1v) is 6.37. The maximum Gasteiger partial charge on any atom is 0.356 e. The van der Waals surface area contributed by atoms with Gasteiger partial charge in [0.2, 0.25) is 4.84 Å². The zero-order valence-corrected chi connectivity index (χ0v) is 13.4. The second kappa shape index (κ2) is 12.3. The molecule has 0 heterocycles. The summed E-state index contributed by atoms with van der Waals surface area (Å²) in [6, 6.07) is 0. The van der Waals surface area contributed by atoms with Crippen LogP contribution in [-0.4, -0.2) is 35.1 Å². The minimum absolute atomic E-state index is 0.750. The van der Waals surface area contributed by atoms with E-state index in [2.05, 4.69) is 0 Å². The smallest absolute Gasteiger partial charge is 0.356 e. The number of alkyl halides is 8. The van der Waals surface area contributed by atoms with Crippen molar-refractivity contribution < 1.29 is 19.8 Å². The molecule has 0 aromatic rings. The first kappa shape index (κ1) is 23.4. The highest BCUT2D eigenvalue weighted by molar-refractivity contribution is 6.75. The van der Waals surface area contributed by atoms with Gasteiger partial charge in [0.1, 0.15) is 0 Å². The van der Waals surface area contributed by atoms with Crippen molar-refractivity contribution in [2.45, 2.75) is 12.9 Å². The minimum Gasteiger partial charge on any atom is -0.479 e. The molecule has 0 aromatic heterocycles. The molecule has 12 heteroatoms. The first-order valence-electron chi connectivity index (χ1n) is 3.05. The van der Waals surface area contributed by atoms with E-state index in [9.17, 15) is 9.59 Å². The van der Waals surface area contributed by atoms with Crippen LogP contribution in [-0.2, 0) is 9.59 Å². The van der Waals surface area contributed by atoms with Crippen molar-refractivity contribution in [3.8, 4) is 0 Å². The maximum atomic E-state index is 9.62. The van der Waals surface area contributed by atoms with Crippen LogP contribution < -0.4 is 0 Å². The number of hydrogen-bond acceptors (Lipinski definition) is 2. The van der Waals surface area contributed by atoms with E-state index in [1.54, 1.807) is 0 Å². The van der Waals surface area contributed by atoms with Crippen molar-refractivity contribution in [3.63, 3.8) is 0 Å². The van der Waals surface area contributed by atoms with Gasteiger partial charge in [-0.05, 0) is 0 Å². The van der Waals surface area contributed by atoms with E-state index < -0.39 is 24.9 Å². The predicted molar refractivity (Wildman–Crippen MR) is 72.4 cm³/mol. The number of rotatable bonds is 1. The molecule has 0 saturated carbocycles. The molecule has 0 unspecified atom stereocenters. The highest BCUT2D eigenvalue weighted by atomic mass is 35.6. The van der Waals surface area contributed by atoms with Crippen molar-refractivity contribution >= 4 is 105 Å². The minimum atomic E-state index is -2.17. The molecule has 17 heavy (non-hydrogen) atoms. The molecule has 0 aliphatic heterocycles. The topological polar surface area (TPSA) is 74.6 Å². The van der Waals surface area contributed by atoms with Crippen molar-refractivity contribution in [2.75, 3.05) is 0 Å². The molecule has 0 fully saturated rings. The summed E-state index contributed by atoms with van der Waals surface area (Å²) in [6.45, 7) is 0. The van der Waals surface area contributed by atoms with E-state index in [1.165, 1.54) is 0 Å². The Balaban J connectivity index is -0.000000180. The summed E-state index contributed by atoms with van der Waals surface area (Å²) in [5.74, 6) is -2.67. The Morgan fingerprint density at radius 3 is 1.00 bits per heavy atom. The molecule has 0 spiro atoms. The van der Waals surface area contributed by atoms with Crippen LogP contribution in [0.15, 0.2) is 0 Å². The van der Waals surface area contributed by atoms with E-state index in [1.807, 2.05) is 0 Å². The van der Waals surface area contributed by atoms with Crippen LogP contribution in [0, 0.1) is 0 Å². The third-order valence-corrected chi connectivity index (χ3v) is 1.29. The quantitative estimate of drug-likeness (QED) is 0.631. The highest BCUT2D eigenvalue weighted by Gasteiger charge is 2.29. The summed E-state index contributed by atoms with van der Waals surface area (Å²) >= 11 is 38.4. The summed E-state index contributed by atoms with van der Waals surface area (Å²) in [5, 5.41) is 15.6. The van der Waals surface area contributed by atoms with E-state index in [-0.39, 0.29) is 0 Å². The lowest BCUT2D eigenvalue weighted by Crippen LogP contribution is -2.16. The van der Waals surface area contributed by atoms with Crippen molar-refractivity contribution in [3.05, 3.63) is 0 Å². The molecule has 0 radical (unpaired) electrons. The van der Waals surface area contributed by atoms with E-state index >= 15 is 0 Å². The van der Waals surface area contributed by atoms with E-state index in [0.29, 0.717) is 0 Å². The summed E-state index contributed by atoms with van der Waals surface area (Å²) < 4.78 is -2.92. The Hall–Kier alpha value is 1.26. The monoisotopic (exact) mass is 408 g/mol. The maximum absolute atomic E-state index is 9.62. The normalized spacial score (nSPS) is 10.0. The van der Waals surface area contributed by atoms with Crippen LogP contribution in [0.1, 0.15) is 0 Å². The first-order chi connectivity index (χ1) is 7.32. The number of carbonyl (C=O) groups is 2. The predicted octanol–water partition coefficient (Wildman–Crippen LogP) is 4.30. The number of carboxylic acids is 2. The lowest BCUT2D eigenvalue weighted by molar-refractivity contribution is -0.136. The Labute approximate surface area is 137 Å².